The molecule has 0 aliphatic heterocycles. The van der Waals surface area contributed by atoms with Crippen LogP contribution in [0.3, 0.4) is 0 Å². The monoisotopic (exact) mass is 266 g/mol. The molecule has 2 heterocycles. The molecule has 2 aromatic heterocycles. The lowest BCUT2D eigenvalue weighted by atomic mass is 10.2. The Kier molecular flexibility index (Phi) is 3.41. The van der Waals surface area contributed by atoms with Crippen molar-refractivity contribution in [3.63, 3.8) is 0 Å². The Labute approximate surface area is 116 Å². The molecule has 1 N–H and O–H groups in total. The van der Waals surface area contributed by atoms with E-state index in [1.165, 1.54) is 0 Å². The number of hydrogen-bond donors (Lipinski definition) is 1. The van der Waals surface area contributed by atoms with Gasteiger partial charge in [-0.1, -0.05) is 18.2 Å². The lowest BCUT2D eigenvalue weighted by molar-refractivity contribution is 0.461. The second-order valence-electron chi connectivity index (χ2n) is 4.21. The van der Waals surface area contributed by atoms with Crippen molar-refractivity contribution < 1.29 is 4.74 Å². The van der Waals surface area contributed by atoms with Crippen LogP contribution in [-0.4, -0.2) is 21.5 Å². The van der Waals surface area contributed by atoms with Crippen molar-refractivity contribution in [2.24, 2.45) is 0 Å². The summed E-state index contributed by atoms with van der Waals surface area (Å²) in [5.74, 6) is 1.71. The molecule has 5 nitrogen and oxygen atoms in total. The van der Waals surface area contributed by atoms with E-state index in [1.54, 1.807) is 18.5 Å². The highest BCUT2D eigenvalue weighted by molar-refractivity contribution is 5.79. The van der Waals surface area contributed by atoms with E-state index in [2.05, 4.69) is 20.3 Å². The van der Waals surface area contributed by atoms with E-state index in [0.29, 0.717) is 17.6 Å². The second-order valence-corrected chi connectivity index (χ2v) is 4.21. The van der Waals surface area contributed by atoms with Crippen molar-refractivity contribution >= 4 is 16.9 Å². The molecule has 1 aromatic carbocycles. The molecule has 0 aliphatic carbocycles. The minimum atomic E-state index is 0.494. The number of fused-ring (bicyclic) bond motifs is 1. The number of ether oxygens (including phenoxy) is 1. The van der Waals surface area contributed by atoms with Gasteiger partial charge in [0.2, 0.25) is 11.8 Å². The Hall–Kier alpha value is -2.69. The van der Waals surface area contributed by atoms with E-state index in [4.69, 9.17) is 4.74 Å². The molecular formula is C15H14N4O. The van der Waals surface area contributed by atoms with Crippen molar-refractivity contribution in [2.75, 3.05) is 11.9 Å². The van der Waals surface area contributed by atoms with Gasteiger partial charge in [-0.15, -0.1) is 0 Å². The maximum atomic E-state index is 5.72. The highest BCUT2D eigenvalue weighted by Gasteiger charge is 2.03. The minimum Gasteiger partial charge on any atom is -0.437 e. The first kappa shape index (κ1) is 12.3. The van der Waals surface area contributed by atoms with Gasteiger partial charge in [0.25, 0.3) is 0 Å². The summed E-state index contributed by atoms with van der Waals surface area (Å²) in [6, 6.07) is 11.6. The molecule has 5 heteroatoms. The molecule has 0 amide bonds. The lowest BCUT2D eigenvalue weighted by Crippen LogP contribution is -2.02. The van der Waals surface area contributed by atoms with Crippen LogP contribution >= 0.6 is 0 Å². The van der Waals surface area contributed by atoms with Crippen molar-refractivity contribution in [1.82, 2.24) is 15.0 Å². The van der Waals surface area contributed by atoms with Gasteiger partial charge in [0, 0.05) is 24.2 Å². The molecule has 0 bridgehead atoms. The predicted octanol–water partition coefficient (Wildman–Crippen LogP) is 3.25. The Morgan fingerprint density at radius 3 is 2.95 bits per heavy atom. The van der Waals surface area contributed by atoms with Crippen LogP contribution in [0.15, 0.2) is 48.8 Å². The SMILES string of the molecule is CCNc1nccc(Oc2cnc3ccccc3c2)n1. The Balaban J connectivity index is 1.87. The molecule has 0 radical (unpaired) electrons. The van der Waals surface area contributed by atoms with Crippen LogP contribution in [0.25, 0.3) is 10.9 Å². The number of para-hydroxylation sites is 1. The van der Waals surface area contributed by atoms with Crippen molar-refractivity contribution in [3.8, 4) is 11.6 Å². The standard InChI is InChI=1S/C15H14N4O/c1-2-16-15-17-8-7-14(19-15)20-12-9-11-5-3-4-6-13(11)18-10-12/h3-10H,2H2,1H3,(H,16,17,19). The van der Waals surface area contributed by atoms with E-state index in [9.17, 15) is 0 Å². The first-order valence-electron chi connectivity index (χ1n) is 6.45. The van der Waals surface area contributed by atoms with Gasteiger partial charge in [-0.2, -0.15) is 4.98 Å². The van der Waals surface area contributed by atoms with Crippen molar-refractivity contribution in [3.05, 3.63) is 48.8 Å². The van der Waals surface area contributed by atoms with E-state index in [0.717, 1.165) is 17.4 Å². The molecule has 0 saturated carbocycles. The summed E-state index contributed by atoms with van der Waals surface area (Å²) in [6.07, 6.45) is 3.35. The van der Waals surface area contributed by atoms with Crippen LogP contribution in [0.4, 0.5) is 5.95 Å². The van der Waals surface area contributed by atoms with Crippen LogP contribution in [0.2, 0.25) is 0 Å². The van der Waals surface area contributed by atoms with E-state index in [-0.39, 0.29) is 0 Å². The molecule has 3 aromatic rings. The lowest BCUT2D eigenvalue weighted by Gasteiger charge is -2.07. The van der Waals surface area contributed by atoms with Crippen LogP contribution in [-0.2, 0) is 0 Å². The number of nitrogens with zero attached hydrogens (tertiary/aromatic N) is 3. The maximum absolute atomic E-state index is 5.72. The van der Waals surface area contributed by atoms with Crippen LogP contribution in [0.5, 0.6) is 11.6 Å². The third-order valence-electron chi connectivity index (χ3n) is 2.75. The number of nitrogens with one attached hydrogen (secondary N) is 1. The molecule has 100 valence electrons. The molecule has 0 spiro atoms. The largest absolute Gasteiger partial charge is 0.437 e. The van der Waals surface area contributed by atoms with Gasteiger partial charge >= 0.3 is 0 Å². The summed E-state index contributed by atoms with van der Waals surface area (Å²) in [5, 5.41) is 4.08. The molecule has 0 aliphatic rings. The summed E-state index contributed by atoms with van der Waals surface area (Å²) in [6.45, 7) is 2.76. The maximum Gasteiger partial charge on any atom is 0.225 e. The summed E-state index contributed by atoms with van der Waals surface area (Å²) < 4.78 is 5.72. The number of benzene rings is 1. The first-order chi connectivity index (χ1) is 9.85. The summed E-state index contributed by atoms with van der Waals surface area (Å²) in [7, 11) is 0. The third kappa shape index (κ3) is 2.66. The van der Waals surface area contributed by atoms with Crippen LogP contribution < -0.4 is 10.1 Å². The zero-order valence-electron chi connectivity index (χ0n) is 11.1. The van der Waals surface area contributed by atoms with Gasteiger partial charge in [-0.3, -0.25) is 4.98 Å². The second kappa shape index (κ2) is 5.52. The fourth-order valence-corrected chi connectivity index (χ4v) is 1.87. The minimum absolute atomic E-state index is 0.494. The first-order valence-corrected chi connectivity index (χ1v) is 6.45. The summed E-state index contributed by atoms with van der Waals surface area (Å²) in [4.78, 5) is 12.7. The molecule has 0 fully saturated rings. The molecule has 0 saturated heterocycles. The number of pyridine rings is 1. The smallest absolute Gasteiger partial charge is 0.225 e. The Bertz CT molecular complexity index is 730. The highest BCUT2D eigenvalue weighted by atomic mass is 16.5. The van der Waals surface area contributed by atoms with Gasteiger partial charge in [-0.05, 0) is 19.1 Å². The van der Waals surface area contributed by atoms with Crippen LogP contribution in [0.1, 0.15) is 6.92 Å². The summed E-state index contributed by atoms with van der Waals surface area (Å²) in [5.41, 5.74) is 0.941. The molecule has 0 atom stereocenters. The predicted molar refractivity (Wildman–Crippen MR) is 78.0 cm³/mol. The Morgan fingerprint density at radius 2 is 2.05 bits per heavy atom. The Morgan fingerprint density at radius 1 is 1.15 bits per heavy atom. The van der Waals surface area contributed by atoms with Gasteiger partial charge in [0.15, 0.2) is 0 Å². The normalized spacial score (nSPS) is 10.4. The number of anilines is 1. The average molecular weight is 266 g/mol. The zero-order valence-corrected chi connectivity index (χ0v) is 11.1. The van der Waals surface area contributed by atoms with E-state index in [1.807, 2.05) is 37.3 Å². The highest BCUT2D eigenvalue weighted by Crippen LogP contribution is 2.22. The quantitative estimate of drug-likeness (QED) is 0.785. The van der Waals surface area contributed by atoms with E-state index < -0.39 is 0 Å². The third-order valence-corrected chi connectivity index (χ3v) is 2.75. The topological polar surface area (TPSA) is 59.9 Å². The van der Waals surface area contributed by atoms with Gasteiger partial charge in [-0.25, -0.2) is 4.98 Å². The number of rotatable bonds is 4. The van der Waals surface area contributed by atoms with Gasteiger partial charge in [0.05, 0.1) is 11.7 Å². The van der Waals surface area contributed by atoms with Crippen molar-refractivity contribution in [2.45, 2.75) is 6.92 Å². The zero-order chi connectivity index (χ0) is 13.8. The fourth-order valence-electron chi connectivity index (χ4n) is 1.87. The van der Waals surface area contributed by atoms with Gasteiger partial charge < -0.3 is 10.1 Å². The number of hydrogen-bond acceptors (Lipinski definition) is 5. The number of aromatic nitrogens is 3. The molecule has 3 rings (SSSR count). The van der Waals surface area contributed by atoms with Gasteiger partial charge in [0.1, 0.15) is 5.75 Å². The summed E-state index contributed by atoms with van der Waals surface area (Å²) >= 11 is 0. The van der Waals surface area contributed by atoms with E-state index >= 15 is 0 Å². The molecule has 20 heavy (non-hydrogen) atoms. The molecule has 0 unspecified atom stereocenters. The fraction of sp³-hybridized carbons (Fsp3) is 0.133. The van der Waals surface area contributed by atoms with Crippen molar-refractivity contribution in [1.29, 1.82) is 0 Å². The van der Waals surface area contributed by atoms with Crippen LogP contribution in [0, 0.1) is 0 Å². The molecular weight excluding hydrogens is 252 g/mol. The average Bonchev–Trinajstić information content (AvgIpc) is 2.48.